The average Bonchev–Trinajstić information content (AvgIpc) is 2.52. The van der Waals surface area contributed by atoms with E-state index in [-0.39, 0.29) is 0 Å². The number of nitrogens with zero attached hydrogens (tertiary/aromatic N) is 2. The number of furan rings is 1. The van der Waals surface area contributed by atoms with Crippen LogP contribution in [0.3, 0.4) is 0 Å². The number of anilines is 1. The fraction of sp³-hybridized carbons (Fsp3) is 0.500. The molecule has 0 bridgehead atoms. The standard InChI is InChI=1S/C12H17N3O/c1-7(2)5-13-11-10-8(3)9(4)16-12(10)15-6-14-11/h6-7H,5H2,1-4H3,(H,13,14,15). The number of hydrogen-bond acceptors (Lipinski definition) is 4. The first-order valence-electron chi connectivity index (χ1n) is 5.54. The Morgan fingerprint density at radius 2 is 2.06 bits per heavy atom. The van der Waals surface area contributed by atoms with E-state index in [0.29, 0.717) is 11.6 Å². The van der Waals surface area contributed by atoms with Crippen LogP contribution in [0.15, 0.2) is 10.7 Å². The molecule has 0 saturated carbocycles. The molecule has 4 nitrogen and oxygen atoms in total. The Bertz CT molecular complexity index is 502. The fourth-order valence-corrected chi connectivity index (χ4v) is 1.62. The Kier molecular flexibility index (Phi) is 2.81. The summed E-state index contributed by atoms with van der Waals surface area (Å²) in [5.41, 5.74) is 1.78. The van der Waals surface area contributed by atoms with Gasteiger partial charge in [0.1, 0.15) is 17.9 Å². The van der Waals surface area contributed by atoms with Gasteiger partial charge in [-0.3, -0.25) is 0 Å². The molecule has 0 aliphatic heterocycles. The van der Waals surface area contributed by atoms with E-state index in [2.05, 4.69) is 29.1 Å². The van der Waals surface area contributed by atoms with Crippen LogP contribution in [0.5, 0.6) is 0 Å². The van der Waals surface area contributed by atoms with Gasteiger partial charge in [-0.1, -0.05) is 13.8 Å². The zero-order valence-corrected chi connectivity index (χ0v) is 10.2. The normalized spacial score (nSPS) is 11.3. The summed E-state index contributed by atoms with van der Waals surface area (Å²) in [6.45, 7) is 9.21. The van der Waals surface area contributed by atoms with Gasteiger partial charge in [0.15, 0.2) is 0 Å². The van der Waals surface area contributed by atoms with Gasteiger partial charge in [0, 0.05) is 12.1 Å². The average molecular weight is 219 g/mol. The van der Waals surface area contributed by atoms with E-state index < -0.39 is 0 Å². The molecule has 0 fully saturated rings. The Balaban J connectivity index is 2.44. The predicted molar refractivity (Wildman–Crippen MR) is 64.6 cm³/mol. The van der Waals surface area contributed by atoms with E-state index in [1.54, 1.807) is 0 Å². The van der Waals surface area contributed by atoms with E-state index in [1.165, 1.54) is 6.33 Å². The minimum Gasteiger partial charge on any atom is -0.443 e. The maximum Gasteiger partial charge on any atom is 0.231 e. The zero-order chi connectivity index (χ0) is 11.7. The Morgan fingerprint density at radius 3 is 2.75 bits per heavy atom. The zero-order valence-electron chi connectivity index (χ0n) is 10.2. The Hall–Kier alpha value is -1.58. The van der Waals surface area contributed by atoms with Crippen LogP contribution in [0.4, 0.5) is 5.82 Å². The van der Waals surface area contributed by atoms with Crippen LogP contribution < -0.4 is 5.32 Å². The second-order valence-electron chi connectivity index (χ2n) is 4.46. The van der Waals surface area contributed by atoms with Crippen LogP contribution in [-0.2, 0) is 0 Å². The number of hydrogen-bond donors (Lipinski definition) is 1. The lowest BCUT2D eigenvalue weighted by molar-refractivity contribution is 0.564. The monoisotopic (exact) mass is 219 g/mol. The van der Waals surface area contributed by atoms with Crippen molar-refractivity contribution in [1.29, 1.82) is 0 Å². The van der Waals surface area contributed by atoms with Crippen LogP contribution in [0.1, 0.15) is 25.2 Å². The number of fused-ring (bicyclic) bond motifs is 1. The Labute approximate surface area is 95.1 Å². The van der Waals surface area contributed by atoms with Gasteiger partial charge in [-0.25, -0.2) is 9.97 Å². The molecule has 0 radical (unpaired) electrons. The molecule has 1 N–H and O–H groups in total. The van der Waals surface area contributed by atoms with Crippen LogP contribution in [-0.4, -0.2) is 16.5 Å². The van der Waals surface area contributed by atoms with Gasteiger partial charge in [0.2, 0.25) is 5.71 Å². The summed E-state index contributed by atoms with van der Waals surface area (Å²) in [4.78, 5) is 8.40. The first-order chi connectivity index (χ1) is 7.59. The van der Waals surface area contributed by atoms with Crippen molar-refractivity contribution < 1.29 is 4.42 Å². The van der Waals surface area contributed by atoms with E-state index >= 15 is 0 Å². The lowest BCUT2D eigenvalue weighted by Crippen LogP contribution is -2.09. The molecule has 86 valence electrons. The van der Waals surface area contributed by atoms with Gasteiger partial charge in [0.05, 0.1) is 5.39 Å². The molecule has 0 amide bonds. The van der Waals surface area contributed by atoms with Gasteiger partial charge >= 0.3 is 0 Å². The second-order valence-corrected chi connectivity index (χ2v) is 4.46. The molecule has 0 atom stereocenters. The topological polar surface area (TPSA) is 51.0 Å². The molecule has 16 heavy (non-hydrogen) atoms. The summed E-state index contributed by atoms with van der Waals surface area (Å²) >= 11 is 0. The van der Waals surface area contributed by atoms with Gasteiger partial charge in [-0.15, -0.1) is 0 Å². The predicted octanol–water partition coefficient (Wildman–Crippen LogP) is 2.91. The minimum absolute atomic E-state index is 0.582. The van der Waals surface area contributed by atoms with Crippen LogP contribution in [0, 0.1) is 19.8 Å². The van der Waals surface area contributed by atoms with E-state index in [9.17, 15) is 0 Å². The molecule has 0 aromatic carbocycles. The number of aryl methyl sites for hydroxylation is 2. The molecule has 2 aromatic rings. The number of nitrogens with one attached hydrogen (secondary N) is 1. The maximum absolute atomic E-state index is 5.56. The van der Waals surface area contributed by atoms with Crippen molar-refractivity contribution in [3.63, 3.8) is 0 Å². The van der Waals surface area contributed by atoms with Crippen molar-refractivity contribution in [3.05, 3.63) is 17.7 Å². The van der Waals surface area contributed by atoms with Gasteiger partial charge in [0.25, 0.3) is 0 Å². The van der Waals surface area contributed by atoms with Crippen molar-refractivity contribution in [2.75, 3.05) is 11.9 Å². The largest absolute Gasteiger partial charge is 0.443 e. The van der Waals surface area contributed by atoms with Crippen molar-refractivity contribution in [1.82, 2.24) is 9.97 Å². The first-order valence-corrected chi connectivity index (χ1v) is 5.54. The summed E-state index contributed by atoms with van der Waals surface area (Å²) < 4.78 is 5.56. The summed E-state index contributed by atoms with van der Waals surface area (Å²) in [5.74, 6) is 2.36. The molecular weight excluding hydrogens is 202 g/mol. The van der Waals surface area contributed by atoms with Crippen molar-refractivity contribution in [2.45, 2.75) is 27.7 Å². The molecule has 4 heteroatoms. The molecule has 0 unspecified atom stereocenters. The maximum atomic E-state index is 5.56. The summed E-state index contributed by atoms with van der Waals surface area (Å²) in [7, 11) is 0. The van der Waals surface area contributed by atoms with Gasteiger partial charge < -0.3 is 9.73 Å². The lowest BCUT2D eigenvalue weighted by atomic mass is 10.2. The third-order valence-corrected chi connectivity index (χ3v) is 2.64. The highest BCUT2D eigenvalue weighted by atomic mass is 16.3. The summed E-state index contributed by atoms with van der Waals surface area (Å²) in [6.07, 6.45) is 1.54. The van der Waals surface area contributed by atoms with E-state index in [4.69, 9.17) is 4.42 Å². The molecule has 0 aliphatic carbocycles. The summed E-state index contributed by atoms with van der Waals surface area (Å²) in [6, 6.07) is 0. The molecular formula is C12H17N3O. The summed E-state index contributed by atoms with van der Waals surface area (Å²) in [5, 5.41) is 4.33. The molecule has 0 saturated heterocycles. The van der Waals surface area contributed by atoms with Crippen molar-refractivity contribution >= 4 is 16.9 Å². The smallest absolute Gasteiger partial charge is 0.231 e. The quantitative estimate of drug-likeness (QED) is 0.862. The van der Waals surface area contributed by atoms with Crippen molar-refractivity contribution in [3.8, 4) is 0 Å². The molecule has 2 rings (SSSR count). The highest BCUT2D eigenvalue weighted by Gasteiger charge is 2.13. The van der Waals surface area contributed by atoms with Crippen LogP contribution >= 0.6 is 0 Å². The van der Waals surface area contributed by atoms with E-state index in [1.807, 2.05) is 13.8 Å². The van der Waals surface area contributed by atoms with Crippen molar-refractivity contribution in [2.24, 2.45) is 5.92 Å². The fourth-order valence-electron chi connectivity index (χ4n) is 1.62. The van der Waals surface area contributed by atoms with Gasteiger partial charge in [-0.05, 0) is 19.8 Å². The second kappa shape index (κ2) is 4.12. The first kappa shape index (κ1) is 10.9. The molecule has 0 spiro atoms. The SMILES string of the molecule is Cc1oc2ncnc(NCC(C)C)c2c1C. The van der Waals surface area contributed by atoms with Crippen LogP contribution in [0.25, 0.3) is 11.1 Å². The van der Waals surface area contributed by atoms with E-state index in [0.717, 1.165) is 29.1 Å². The molecule has 2 aromatic heterocycles. The highest BCUT2D eigenvalue weighted by molar-refractivity contribution is 5.89. The third-order valence-electron chi connectivity index (χ3n) is 2.64. The number of rotatable bonds is 3. The third kappa shape index (κ3) is 1.87. The highest BCUT2D eigenvalue weighted by Crippen LogP contribution is 2.27. The Morgan fingerprint density at radius 1 is 1.31 bits per heavy atom. The number of aromatic nitrogens is 2. The van der Waals surface area contributed by atoms with Gasteiger partial charge in [-0.2, -0.15) is 0 Å². The minimum atomic E-state index is 0.582. The molecule has 2 heterocycles. The lowest BCUT2D eigenvalue weighted by Gasteiger charge is -2.08. The van der Waals surface area contributed by atoms with Crippen LogP contribution in [0.2, 0.25) is 0 Å². The molecule has 0 aliphatic rings.